The van der Waals surface area contributed by atoms with Crippen LogP contribution in [0, 0.1) is 0 Å². The van der Waals surface area contributed by atoms with Gasteiger partial charge in [0.1, 0.15) is 0 Å². The maximum Gasteiger partial charge on any atom is 0.188 e. The third-order valence-corrected chi connectivity index (χ3v) is 2.57. The van der Waals surface area contributed by atoms with Crippen molar-refractivity contribution in [3.63, 3.8) is 0 Å². The average Bonchev–Trinajstić information content (AvgIpc) is 2.65. The molecule has 1 fully saturated rings. The number of aromatic nitrogens is 4. The highest BCUT2D eigenvalue weighted by atomic mass is 16.5. The first kappa shape index (κ1) is 11.4. The van der Waals surface area contributed by atoms with E-state index in [0.717, 1.165) is 38.6 Å². The third kappa shape index (κ3) is 2.97. The van der Waals surface area contributed by atoms with Gasteiger partial charge in [-0.3, -0.25) is 4.90 Å². The minimum absolute atomic E-state index is 0.260. The van der Waals surface area contributed by atoms with Crippen LogP contribution in [-0.2, 0) is 18.3 Å². The first-order valence-corrected chi connectivity index (χ1v) is 5.49. The molecule has 1 aromatic heterocycles. The van der Waals surface area contributed by atoms with E-state index in [2.05, 4.69) is 25.6 Å². The van der Waals surface area contributed by atoms with E-state index in [-0.39, 0.29) is 6.10 Å². The number of tetrazole rings is 1. The molecule has 0 spiro atoms. The zero-order valence-electron chi connectivity index (χ0n) is 9.76. The van der Waals surface area contributed by atoms with E-state index in [1.165, 1.54) is 4.80 Å². The third-order valence-electron chi connectivity index (χ3n) is 2.57. The zero-order chi connectivity index (χ0) is 11.4. The first-order chi connectivity index (χ1) is 7.78. The molecular formula is C9H18N6O. The second-order valence-electron chi connectivity index (χ2n) is 3.98. The second kappa shape index (κ2) is 5.33. The molecule has 0 saturated carbocycles. The lowest BCUT2D eigenvalue weighted by molar-refractivity contribution is -0.0299. The SMILES string of the molecule is CNCC1CN(Cc2nnn(C)n2)CCO1. The van der Waals surface area contributed by atoms with Crippen LogP contribution in [0.3, 0.4) is 0 Å². The van der Waals surface area contributed by atoms with Crippen LogP contribution in [0.5, 0.6) is 0 Å². The summed E-state index contributed by atoms with van der Waals surface area (Å²) in [5.41, 5.74) is 0. The van der Waals surface area contributed by atoms with Crippen LogP contribution in [-0.4, -0.2) is 64.5 Å². The molecule has 0 aromatic carbocycles. The molecule has 1 aliphatic rings. The summed E-state index contributed by atoms with van der Waals surface area (Å²) in [5.74, 6) is 0.771. The van der Waals surface area contributed by atoms with Crippen molar-refractivity contribution >= 4 is 0 Å². The number of nitrogens with one attached hydrogen (secondary N) is 1. The molecule has 0 amide bonds. The minimum Gasteiger partial charge on any atom is -0.374 e. The van der Waals surface area contributed by atoms with Gasteiger partial charge in [-0.1, -0.05) is 0 Å². The molecule has 1 unspecified atom stereocenters. The van der Waals surface area contributed by atoms with Gasteiger partial charge < -0.3 is 10.1 Å². The lowest BCUT2D eigenvalue weighted by Crippen LogP contribution is -2.45. The number of likely N-dealkylation sites (N-methyl/N-ethyl adjacent to an activating group) is 1. The molecule has 1 saturated heterocycles. The van der Waals surface area contributed by atoms with Crippen molar-refractivity contribution in [3.8, 4) is 0 Å². The summed E-state index contributed by atoms with van der Waals surface area (Å²) in [6.07, 6.45) is 0.260. The van der Waals surface area contributed by atoms with Crippen LogP contribution in [0.1, 0.15) is 5.82 Å². The Bertz CT molecular complexity index is 326. The molecule has 2 rings (SSSR count). The molecular weight excluding hydrogens is 208 g/mol. The van der Waals surface area contributed by atoms with Crippen LogP contribution in [0.4, 0.5) is 0 Å². The molecule has 1 aliphatic heterocycles. The summed E-state index contributed by atoms with van der Waals surface area (Å²) in [7, 11) is 3.71. The van der Waals surface area contributed by atoms with Gasteiger partial charge in [0.2, 0.25) is 0 Å². The van der Waals surface area contributed by atoms with Crippen LogP contribution < -0.4 is 5.32 Å². The van der Waals surface area contributed by atoms with E-state index in [4.69, 9.17) is 4.74 Å². The fourth-order valence-electron chi connectivity index (χ4n) is 1.86. The zero-order valence-corrected chi connectivity index (χ0v) is 9.76. The van der Waals surface area contributed by atoms with Gasteiger partial charge in [0.05, 0.1) is 26.3 Å². The highest BCUT2D eigenvalue weighted by Crippen LogP contribution is 2.06. The normalized spacial score (nSPS) is 22.5. The van der Waals surface area contributed by atoms with E-state index < -0.39 is 0 Å². The standard InChI is InChI=1S/C9H18N6O/c1-10-5-8-6-15(3-4-16-8)7-9-11-13-14(2)12-9/h8,10H,3-7H2,1-2H3. The molecule has 1 aromatic rings. The van der Waals surface area contributed by atoms with Crippen molar-refractivity contribution in [1.29, 1.82) is 0 Å². The summed E-state index contributed by atoms with van der Waals surface area (Å²) in [6.45, 7) is 4.24. The minimum atomic E-state index is 0.260. The van der Waals surface area contributed by atoms with Crippen molar-refractivity contribution < 1.29 is 4.74 Å². The number of hydrogen-bond acceptors (Lipinski definition) is 6. The summed E-state index contributed by atoms with van der Waals surface area (Å²) in [4.78, 5) is 3.78. The summed E-state index contributed by atoms with van der Waals surface area (Å²) in [6, 6.07) is 0. The number of morpholine rings is 1. The summed E-state index contributed by atoms with van der Waals surface area (Å²) >= 11 is 0. The Balaban J connectivity index is 1.85. The highest BCUT2D eigenvalue weighted by molar-refractivity contribution is 4.80. The van der Waals surface area contributed by atoms with Crippen LogP contribution in [0.15, 0.2) is 0 Å². The number of hydrogen-bond donors (Lipinski definition) is 1. The molecule has 0 aliphatic carbocycles. The Hall–Kier alpha value is -1.05. The number of ether oxygens (including phenoxy) is 1. The first-order valence-electron chi connectivity index (χ1n) is 5.49. The summed E-state index contributed by atoms with van der Waals surface area (Å²) < 4.78 is 5.63. The van der Waals surface area contributed by atoms with Crippen LogP contribution in [0.2, 0.25) is 0 Å². The van der Waals surface area contributed by atoms with Gasteiger partial charge in [-0.15, -0.1) is 10.2 Å². The Morgan fingerprint density at radius 1 is 1.56 bits per heavy atom. The predicted octanol–water partition coefficient (Wildman–Crippen LogP) is -1.37. The average molecular weight is 226 g/mol. The van der Waals surface area contributed by atoms with E-state index in [0.29, 0.717) is 0 Å². The second-order valence-corrected chi connectivity index (χ2v) is 3.98. The van der Waals surface area contributed by atoms with Gasteiger partial charge in [0.15, 0.2) is 5.82 Å². The monoisotopic (exact) mass is 226 g/mol. The maximum atomic E-state index is 5.63. The van der Waals surface area contributed by atoms with Gasteiger partial charge in [0.25, 0.3) is 0 Å². The van der Waals surface area contributed by atoms with Gasteiger partial charge in [-0.05, 0) is 12.3 Å². The highest BCUT2D eigenvalue weighted by Gasteiger charge is 2.20. The number of rotatable bonds is 4. The Kier molecular flexibility index (Phi) is 3.81. The largest absolute Gasteiger partial charge is 0.374 e. The van der Waals surface area contributed by atoms with Gasteiger partial charge >= 0.3 is 0 Å². The lowest BCUT2D eigenvalue weighted by Gasteiger charge is -2.31. The molecule has 1 N–H and O–H groups in total. The quantitative estimate of drug-likeness (QED) is 0.683. The van der Waals surface area contributed by atoms with Crippen molar-refractivity contribution in [2.75, 3.05) is 33.3 Å². The Morgan fingerprint density at radius 3 is 3.12 bits per heavy atom. The van der Waals surface area contributed by atoms with E-state index in [1.54, 1.807) is 7.05 Å². The maximum absolute atomic E-state index is 5.63. The smallest absolute Gasteiger partial charge is 0.188 e. The van der Waals surface area contributed by atoms with E-state index >= 15 is 0 Å². The van der Waals surface area contributed by atoms with Crippen molar-refractivity contribution in [2.24, 2.45) is 7.05 Å². The Morgan fingerprint density at radius 2 is 2.44 bits per heavy atom. The number of aryl methyl sites for hydroxylation is 1. The molecule has 0 radical (unpaired) electrons. The molecule has 1 atom stereocenters. The number of nitrogens with zero attached hydrogens (tertiary/aromatic N) is 5. The molecule has 7 heteroatoms. The van der Waals surface area contributed by atoms with E-state index in [1.807, 2.05) is 7.05 Å². The van der Waals surface area contributed by atoms with Crippen LogP contribution >= 0.6 is 0 Å². The van der Waals surface area contributed by atoms with E-state index in [9.17, 15) is 0 Å². The molecule has 16 heavy (non-hydrogen) atoms. The fraction of sp³-hybridized carbons (Fsp3) is 0.889. The molecule has 7 nitrogen and oxygen atoms in total. The Labute approximate surface area is 94.8 Å². The molecule has 2 heterocycles. The van der Waals surface area contributed by atoms with Crippen molar-refractivity contribution in [2.45, 2.75) is 12.6 Å². The van der Waals surface area contributed by atoms with Gasteiger partial charge in [-0.25, -0.2) is 0 Å². The van der Waals surface area contributed by atoms with Crippen LogP contribution in [0.25, 0.3) is 0 Å². The molecule has 0 bridgehead atoms. The lowest BCUT2D eigenvalue weighted by atomic mass is 10.2. The van der Waals surface area contributed by atoms with Crippen molar-refractivity contribution in [3.05, 3.63) is 5.82 Å². The topological polar surface area (TPSA) is 68.1 Å². The molecule has 90 valence electrons. The van der Waals surface area contributed by atoms with Gasteiger partial charge in [0, 0.05) is 19.6 Å². The predicted molar refractivity (Wildman–Crippen MR) is 57.7 cm³/mol. The summed E-state index contributed by atoms with van der Waals surface area (Å²) in [5, 5.41) is 15.1. The van der Waals surface area contributed by atoms with Gasteiger partial charge in [-0.2, -0.15) is 4.80 Å². The van der Waals surface area contributed by atoms with Crippen molar-refractivity contribution in [1.82, 2.24) is 30.4 Å². The fourth-order valence-corrected chi connectivity index (χ4v) is 1.86.